The first-order valence-corrected chi connectivity index (χ1v) is 12.3. The standard InChI is InChI=1S/C21H36N4O4S/c1-5-15-30(26,27)25-13-11-18(12-14-25)24-21(22-6-2)23-16-17(3)29-20-9-7-19(28-4)8-10-20/h7-10,17-18H,5-6,11-16H2,1-4H3,(H2,22,23,24). The number of sulfonamides is 1. The summed E-state index contributed by atoms with van der Waals surface area (Å²) < 4.78 is 37.1. The van der Waals surface area contributed by atoms with Gasteiger partial charge in [-0.2, -0.15) is 0 Å². The number of ether oxygens (including phenoxy) is 2. The quantitative estimate of drug-likeness (QED) is 0.428. The third-order valence-electron chi connectivity index (χ3n) is 4.90. The second kappa shape index (κ2) is 12.0. The van der Waals surface area contributed by atoms with Crippen LogP contribution in [0.3, 0.4) is 0 Å². The van der Waals surface area contributed by atoms with Gasteiger partial charge in [0.05, 0.1) is 19.4 Å². The van der Waals surface area contributed by atoms with Crippen molar-refractivity contribution in [2.45, 2.75) is 52.2 Å². The molecule has 0 bridgehead atoms. The normalized spacial score (nSPS) is 17.4. The van der Waals surface area contributed by atoms with Crippen LogP contribution in [0.4, 0.5) is 0 Å². The lowest BCUT2D eigenvalue weighted by Gasteiger charge is -2.32. The molecule has 1 aliphatic heterocycles. The Kier molecular flexibility index (Phi) is 9.71. The van der Waals surface area contributed by atoms with Crippen LogP contribution in [0.1, 0.15) is 40.0 Å². The third kappa shape index (κ3) is 7.68. The van der Waals surface area contributed by atoms with Crippen LogP contribution in [0.25, 0.3) is 0 Å². The predicted molar refractivity (Wildman–Crippen MR) is 121 cm³/mol. The van der Waals surface area contributed by atoms with Gasteiger partial charge < -0.3 is 20.1 Å². The van der Waals surface area contributed by atoms with Crippen LogP contribution in [0, 0.1) is 0 Å². The minimum absolute atomic E-state index is 0.0881. The molecule has 1 saturated heterocycles. The first kappa shape index (κ1) is 24.3. The average Bonchev–Trinajstić information content (AvgIpc) is 2.73. The number of nitrogens with zero attached hydrogens (tertiary/aromatic N) is 2. The molecule has 1 heterocycles. The molecule has 2 N–H and O–H groups in total. The highest BCUT2D eigenvalue weighted by molar-refractivity contribution is 7.89. The van der Waals surface area contributed by atoms with Crippen molar-refractivity contribution in [3.8, 4) is 11.5 Å². The summed E-state index contributed by atoms with van der Waals surface area (Å²) in [7, 11) is -1.48. The maximum Gasteiger partial charge on any atom is 0.214 e. The van der Waals surface area contributed by atoms with Gasteiger partial charge in [0.15, 0.2) is 5.96 Å². The van der Waals surface area contributed by atoms with Gasteiger partial charge in [-0.1, -0.05) is 6.92 Å². The molecule has 9 heteroatoms. The second-order valence-corrected chi connectivity index (χ2v) is 9.55. The fourth-order valence-corrected chi connectivity index (χ4v) is 4.86. The SMILES string of the molecule is CCCS(=O)(=O)N1CCC(NC(=NCC(C)Oc2ccc(OC)cc2)NCC)CC1. The number of rotatable bonds is 10. The van der Waals surface area contributed by atoms with Crippen LogP contribution in [-0.2, 0) is 10.0 Å². The number of hydrogen-bond donors (Lipinski definition) is 2. The molecule has 1 aromatic rings. The Bertz CT molecular complexity index is 760. The molecule has 0 spiro atoms. The van der Waals surface area contributed by atoms with Crippen LogP contribution < -0.4 is 20.1 Å². The zero-order chi connectivity index (χ0) is 22.0. The fourth-order valence-electron chi connectivity index (χ4n) is 3.32. The number of hydrogen-bond acceptors (Lipinski definition) is 5. The predicted octanol–water partition coefficient (Wildman–Crippen LogP) is 2.22. The lowest BCUT2D eigenvalue weighted by Crippen LogP contribution is -2.50. The highest BCUT2D eigenvalue weighted by Gasteiger charge is 2.27. The Balaban J connectivity index is 1.85. The van der Waals surface area contributed by atoms with E-state index in [9.17, 15) is 8.42 Å². The molecular formula is C21H36N4O4S. The van der Waals surface area contributed by atoms with E-state index in [0.29, 0.717) is 26.1 Å². The molecule has 0 aliphatic carbocycles. The van der Waals surface area contributed by atoms with E-state index < -0.39 is 10.0 Å². The Morgan fingerprint density at radius 2 is 1.83 bits per heavy atom. The van der Waals surface area contributed by atoms with Crippen molar-refractivity contribution < 1.29 is 17.9 Å². The van der Waals surface area contributed by atoms with Crippen molar-refractivity contribution in [2.75, 3.05) is 39.0 Å². The average molecular weight is 441 g/mol. The molecule has 1 aliphatic rings. The highest BCUT2D eigenvalue weighted by Crippen LogP contribution is 2.18. The molecule has 0 aromatic heterocycles. The Morgan fingerprint density at radius 3 is 2.40 bits per heavy atom. The maximum atomic E-state index is 12.2. The molecule has 1 unspecified atom stereocenters. The van der Waals surface area contributed by atoms with Crippen molar-refractivity contribution >= 4 is 16.0 Å². The van der Waals surface area contributed by atoms with Crippen molar-refractivity contribution in [3.05, 3.63) is 24.3 Å². The first-order valence-electron chi connectivity index (χ1n) is 10.7. The Morgan fingerprint density at radius 1 is 1.20 bits per heavy atom. The van der Waals surface area contributed by atoms with E-state index in [1.165, 1.54) is 0 Å². The summed E-state index contributed by atoms with van der Waals surface area (Å²) in [6.45, 7) is 8.26. The molecular weight excluding hydrogens is 404 g/mol. The molecule has 2 rings (SSSR count). The van der Waals surface area contributed by atoms with Crippen LogP contribution >= 0.6 is 0 Å². The van der Waals surface area contributed by atoms with Gasteiger partial charge in [0.2, 0.25) is 10.0 Å². The van der Waals surface area contributed by atoms with E-state index in [4.69, 9.17) is 9.47 Å². The first-order chi connectivity index (χ1) is 14.4. The van der Waals surface area contributed by atoms with Gasteiger partial charge in [0.25, 0.3) is 0 Å². The Hall–Kier alpha value is -2.00. The van der Waals surface area contributed by atoms with E-state index in [0.717, 1.165) is 36.8 Å². The fraction of sp³-hybridized carbons (Fsp3) is 0.667. The van der Waals surface area contributed by atoms with Gasteiger partial charge in [-0.25, -0.2) is 17.7 Å². The van der Waals surface area contributed by atoms with Crippen LogP contribution in [-0.4, -0.2) is 69.9 Å². The number of aliphatic imine (C=N–C) groups is 1. The molecule has 1 aromatic carbocycles. The van der Waals surface area contributed by atoms with E-state index in [1.807, 2.05) is 45.0 Å². The van der Waals surface area contributed by atoms with Crippen LogP contribution in [0.2, 0.25) is 0 Å². The minimum atomic E-state index is -3.12. The largest absolute Gasteiger partial charge is 0.497 e. The van der Waals surface area contributed by atoms with E-state index >= 15 is 0 Å². The molecule has 0 radical (unpaired) electrons. The van der Waals surface area contributed by atoms with E-state index in [-0.39, 0.29) is 17.9 Å². The third-order valence-corrected chi connectivity index (χ3v) is 6.97. The van der Waals surface area contributed by atoms with Gasteiger partial charge in [0, 0.05) is 25.7 Å². The number of guanidine groups is 1. The number of piperidine rings is 1. The molecule has 0 amide bonds. The van der Waals surface area contributed by atoms with Crippen LogP contribution in [0.5, 0.6) is 11.5 Å². The van der Waals surface area contributed by atoms with Crippen molar-refractivity contribution in [2.24, 2.45) is 4.99 Å². The molecule has 1 atom stereocenters. The van der Waals surface area contributed by atoms with Gasteiger partial charge in [-0.05, 0) is 57.4 Å². The lowest BCUT2D eigenvalue weighted by atomic mass is 10.1. The van der Waals surface area contributed by atoms with Gasteiger partial charge in [0.1, 0.15) is 17.6 Å². The van der Waals surface area contributed by atoms with Crippen molar-refractivity contribution in [1.82, 2.24) is 14.9 Å². The van der Waals surface area contributed by atoms with Crippen LogP contribution in [0.15, 0.2) is 29.3 Å². The molecule has 170 valence electrons. The Labute approximate surface area is 181 Å². The monoisotopic (exact) mass is 440 g/mol. The molecule has 1 fully saturated rings. The summed E-state index contributed by atoms with van der Waals surface area (Å²) in [6.07, 6.45) is 2.10. The number of nitrogens with one attached hydrogen (secondary N) is 2. The minimum Gasteiger partial charge on any atom is -0.497 e. The van der Waals surface area contributed by atoms with E-state index in [2.05, 4.69) is 15.6 Å². The zero-order valence-electron chi connectivity index (χ0n) is 18.6. The molecule has 0 saturated carbocycles. The topological polar surface area (TPSA) is 92.3 Å². The highest BCUT2D eigenvalue weighted by atomic mass is 32.2. The molecule has 8 nitrogen and oxygen atoms in total. The van der Waals surface area contributed by atoms with Crippen molar-refractivity contribution in [3.63, 3.8) is 0 Å². The summed E-state index contributed by atoms with van der Waals surface area (Å²) in [6, 6.07) is 7.69. The zero-order valence-corrected chi connectivity index (χ0v) is 19.4. The smallest absolute Gasteiger partial charge is 0.214 e. The van der Waals surface area contributed by atoms with Crippen molar-refractivity contribution in [1.29, 1.82) is 0 Å². The van der Waals surface area contributed by atoms with Gasteiger partial charge in [-0.3, -0.25) is 0 Å². The summed E-state index contributed by atoms with van der Waals surface area (Å²) in [5.74, 6) is 2.52. The summed E-state index contributed by atoms with van der Waals surface area (Å²) >= 11 is 0. The number of benzene rings is 1. The van der Waals surface area contributed by atoms with Gasteiger partial charge >= 0.3 is 0 Å². The van der Waals surface area contributed by atoms with E-state index in [1.54, 1.807) is 11.4 Å². The summed E-state index contributed by atoms with van der Waals surface area (Å²) in [5, 5.41) is 6.70. The summed E-state index contributed by atoms with van der Waals surface area (Å²) in [5.41, 5.74) is 0. The number of methoxy groups -OCH3 is 1. The van der Waals surface area contributed by atoms with Gasteiger partial charge in [-0.15, -0.1) is 0 Å². The summed E-state index contributed by atoms with van der Waals surface area (Å²) in [4.78, 5) is 4.65. The maximum absolute atomic E-state index is 12.2. The lowest BCUT2D eigenvalue weighted by molar-refractivity contribution is 0.229. The molecule has 30 heavy (non-hydrogen) atoms. The second-order valence-electron chi connectivity index (χ2n) is 7.46.